The smallest absolute Gasteiger partial charge is 0.252 e. The Morgan fingerprint density at radius 2 is 2.04 bits per heavy atom. The van der Waals surface area contributed by atoms with Crippen molar-refractivity contribution in [1.29, 1.82) is 0 Å². The summed E-state index contributed by atoms with van der Waals surface area (Å²) in [6, 6.07) is 9.64. The average Bonchev–Trinajstić information content (AvgIpc) is 3.44. The monoisotopic (exact) mass is 397 g/mol. The van der Waals surface area contributed by atoms with Crippen LogP contribution < -0.4 is 5.32 Å². The molecule has 2 heterocycles. The second-order valence-electron chi connectivity index (χ2n) is 6.48. The third kappa shape index (κ3) is 4.83. The third-order valence-corrected chi connectivity index (χ3v) is 5.35. The third-order valence-electron chi connectivity index (χ3n) is 4.67. The van der Waals surface area contributed by atoms with Gasteiger partial charge in [-0.2, -0.15) is 16.4 Å². The van der Waals surface area contributed by atoms with Crippen molar-refractivity contribution in [1.82, 2.24) is 25.0 Å². The Balaban J connectivity index is 1.46. The highest BCUT2D eigenvalue weighted by molar-refractivity contribution is 7.08. The summed E-state index contributed by atoms with van der Waals surface area (Å²) in [5.41, 5.74) is 2.63. The Morgan fingerprint density at radius 1 is 1.25 bits per heavy atom. The van der Waals surface area contributed by atoms with E-state index in [0.717, 1.165) is 11.3 Å². The molecule has 0 saturated carbocycles. The first-order valence-electron chi connectivity index (χ1n) is 9.07. The number of nitrogens with zero attached hydrogens (tertiary/aromatic N) is 4. The Labute approximate surface area is 168 Å². The van der Waals surface area contributed by atoms with E-state index in [-0.39, 0.29) is 17.9 Å². The zero-order chi connectivity index (χ0) is 19.9. The normalized spacial score (nSPS) is 11.8. The molecule has 1 atom stereocenters. The highest BCUT2D eigenvalue weighted by Gasteiger charge is 2.17. The van der Waals surface area contributed by atoms with Gasteiger partial charge in [0, 0.05) is 31.0 Å². The summed E-state index contributed by atoms with van der Waals surface area (Å²) in [6.07, 6.45) is 4.13. The molecule has 2 amide bonds. The van der Waals surface area contributed by atoms with Crippen molar-refractivity contribution < 1.29 is 9.59 Å². The van der Waals surface area contributed by atoms with Crippen LogP contribution in [-0.2, 0) is 4.79 Å². The number of nitrogens with one attached hydrogen (secondary N) is 1. The van der Waals surface area contributed by atoms with Crippen molar-refractivity contribution in [2.45, 2.75) is 25.8 Å². The van der Waals surface area contributed by atoms with Gasteiger partial charge in [0.1, 0.15) is 12.7 Å². The second kappa shape index (κ2) is 9.27. The van der Waals surface area contributed by atoms with Crippen molar-refractivity contribution in [3.05, 3.63) is 64.9 Å². The van der Waals surface area contributed by atoms with Gasteiger partial charge in [0.05, 0.1) is 11.7 Å². The van der Waals surface area contributed by atoms with E-state index in [9.17, 15) is 9.59 Å². The van der Waals surface area contributed by atoms with Gasteiger partial charge < -0.3 is 10.2 Å². The summed E-state index contributed by atoms with van der Waals surface area (Å²) in [6.45, 7) is 2.48. The number of carbonyl (C=O) groups is 2. The van der Waals surface area contributed by atoms with E-state index >= 15 is 0 Å². The minimum Gasteiger partial charge on any atom is -0.352 e. The van der Waals surface area contributed by atoms with Crippen molar-refractivity contribution in [3.8, 4) is 5.69 Å². The van der Waals surface area contributed by atoms with E-state index < -0.39 is 0 Å². The molecule has 1 N–H and O–H groups in total. The first kappa shape index (κ1) is 19.8. The quantitative estimate of drug-likeness (QED) is 0.593. The Bertz CT molecular complexity index is 891. The number of aromatic nitrogens is 3. The molecule has 8 heteroatoms. The van der Waals surface area contributed by atoms with Crippen LogP contribution in [0.3, 0.4) is 0 Å². The van der Waals surface area contributed by atoms with Crippen molar-refractivity contribution >= 4 is 23.2 Å². The molecule has 0 radical (unpaired) electrons. The molecule has 0 aliphatic rings. The van der Waals surface area contributed by atoms with Gasteiger partial charge in [-0.3, -0.25) is 9.59 Å². The molecule has 1 aromatic carbocycles. The molecule has 3 aromatic rings. The predicted octanol–water partition coefficient (Wildman–Crippen LogP) is 3.06. The molecule has 3 rings (SSSR count). The first-order valence-corrected chi connectivity index (χ1v) is 10.0. The molecule has 146 valence electrons. The van der Waals surface area contributed by atoms with Crippen LogP contribution >= 0.6 is 11.3 Å². The van der Waals surface area contributed by atoms with Crippen molar-refractivity contribution in [2.24, 2.45) is 0 Å². The second-order valence-corrected chi connectivity index (χ2v) is 7.26. The predicted molar refractivity (Wildman–Crippen MR) is 108 cm³/mol. The first-order chi connectivity index (χ1) is 13.6. The van der Waals surface area contributed by atoms with Crippen LogP contribution in [0, 0.1) is 0 Å². The number of rotatable bonds is 8. The number of thiophene rings is 1. The lowest BCUT2D eigenvalue weighted by molar-refractivity contribution is -0.131. The van der Waals surface area contributed by atoms with Gasteiger partial charge in [-0.15, -0.1) is 0 Å². The SMILES string of the molecule is CC(c1ccc(-n2cncn2)cc1)N(C)C(=O)CCCNC(=O)c1ccsc1. The van der Waals surface area contributed by atoms with Gasteiger partial charge in [-0.1, -0.05) is 12.1 Å². The molecule has 28 heavy (non-hydrogen) atoms. The lowest BCUT2D eigenvalue weighted by Crippen LogP contribution is -2.31. The van der Waals surface area contributed by atoms with Crippen LogP contribution in [0.4, 0.5) is 0 Å². The largest absolute Gasteiger partial charge is 0.352 e. The number of hydrogen-bond donors (Lipinski definition) is 1. The number of amides is 2. The van der Waals surface area contributed by atoms with Gasteiger partial charge in [0.2, 0.25) is 5.91 Å². The molecule has 0 bridgehead atoms. The molecule has 0 aliphatic carbocycles. The summed E-state index contributed by atoms with van der Waals surface area (Å²) < 4.78 is 1.69. The Morgan fingerprint density at radius 3 is 2.68 bits per heavy atom. The lowest BCUT2D eigenvalue weighted by Gasteiger charge is -2.25. The maximum absolute atomic E-state index is 12.5. The zero-order valence-corrected chi connectivity index (χ0v) is 16.7. The number of hydrogen-bond acceptors (Lipinski definition) is 5. The minimum atomic E-state index is -0.0945. The fourth-order valence-electron chi connectivity index (χ4n) is 2.80. The summed E-state index contributed by atoms with van der Waals surface area (Å²) >= 11 is 1.49. The van der Waals surface area contributed by atoms with Crippen LogP contribution in [0.1, 0.15) is 41.7 Å². The highest BCUT2D eigenvalue weighted by Crippen LogP contribution is 2.21. The Hall–Kier alpha value is -3.00. The van der Waals surface area contributed by atoms with E-state index in [0.29, 0.717) is 24.9 Å². The summed E-state index contributed by atoms with van der Waals surface area (Å²) in [4.78, 5) is 30.0. The lowest BCUT2D eigenvalue weighted by atomic mass is 10.1. The van der Waals surface area contributed by atoms with Crippen molar-refractivity contribution in [3.63, 3.8) is 0 Å². The van der Waals surface area contributed by atoms with Gasteiger partial charge in [0.15, 0.2) is 0 Å². The van der Waals surface area contributed by atoms with Crippen LogP contribution in [0.5, 0.6) is 0 Å². The molecular formula is C20H23N5O2S. The fraction of sp³-hybridized carbons (Fsp3) is 0.300. The molecule has 0 spiro atoms. The van der Waals surface area contributed by atoms with Gasteiger partial charge in [0.25, 0.3) is 5.91 Å². The maximum Gasteiger partial charge on any atom is 0.252 e. The molecule has 2 aromatic heterocycles. The number of carbonyl (C=O) groups excluding carboxylic acids is 2. The van der Waals surface area contributed by atoms with E-state index in [4.69, 9.17) is 0 Å². The molecule has 0 saturated heterocycles. The standard InChI is InChI=1S/C20H23N5O2S/c1-15(16-5-7-18(8-6-16)25-14-21-13-23-25)24(2)19(26)4-3-10-22-20(27)17-9-11-28-12-17/h5-9,11-15H,3-4,10H2,1-2H3,(H,22,27). The van der Waals surface area contributed by atoms with Crippen LogP contribution in [-0.4, -0.2) is 45.1 Å². The summed E-state index contributed by atoms with van der Waals surface area (Å²) in [5, 5.41) is 10.6. The average molecular weight is 398 g/mol. The van der Waals surface area contributed by atoms with Crippen LogP contribution in [0.2, 0.25) is 0 Å². The van der Waals surface area contributed by atoms with Gasteiger partial charge in [-0.25, -0.2) is 9.67 Å². The van der Waals surface area contributed by atoms with E-state index in [1.807, 2.05) is 49.0 Å². The molecule has 1 unspecified atom stereocenters. The van der Waals surface area contributed by atoms with Gasteiger partial charge in [-0.05, 0) is 42.5 Å². The van der Waals surface area contributed by atoms with Crippen molar-refractivity contribution in [2.75, 3.05) is 13.6 Å². The van der Waals surface area contributed by atoms with Crippen LogP contribution in [0.15, 0.2) is 53.7 Å². The van der Waals surface area contributed by atoms with E-state index in [1.165, 1.54) is 17.7 Å². The molecule has 0 fully saturated rings. The summed E-state index contributed by atoms with van der Waals surface area (Å²) in [7, 11) is 1.81. The topological polar surface area (TPSA) is 80.1 Å². The number of benzene rings is 1. The molecular weight excluding hydrogens is 374 g/mol. The molecule has 7 nitrogen and oxygen atoms in total. The maximum atomic E-state index is 12.5. The van der Waals surface area contributed by atoms with E-state index in [2.05, 4.69) is 15.4 Å². The fourth-order valence-corrected chi connectivity index (χ4v) is 3.44. The highest BCUT2D eigenvalue weighted by atomic mass is 32.1. The van der Waals surface area contributed by atoms with Crippen LogP contribution in [0.25, 0.3) is 5.69 Å². The molecule has 0 aliphatic heterocycles. The Kier molecular flexibility index (Phi) is 6.54. The van der Waals surface area contributed by atoms with E-state index in [1.54, 1.807) is 22.0 Å². The van der Waals surface area contributed by atoms with Gasteiger partial charge >= 0.3 is 0 Å². The minimum absolute atomic E-state index is 0.0438. The zero-order valence-electron chi connectivity index (χ0n) is 15.9. The summed E-state index contributed by atoms with van der Waals surface area (Å²) in [5.74, 6) is -0.0412.